The molecule has 0 radical (unpaired) electrons. The van der Waals surface area contributed by atoms with Gasteiger partial charge in [-0.05, 0) is 20.8 Å². The third-order valence-corrected chi connectivity index (χ3v) is 4.45. The average Bonchev–Trinajstić information content (AvgIpc) is 2.54. The molecular formula is C9H15N3O5S. The zero-order chi connectivity index (χ0) is 14.1. The molecule has 0 aliphatic rings. The number of nitrogens with zero attached hydrogens (tertiary/aromatic N) is 2. The van der Waals surface area contributed by atoms with Gasteiger partial charge < -0.3 is 15.4 Å². The van der Waals surface area contributed by atoms with E-state index < -0.39 is 28.6 Å². The summed E-state index contributed by atoms with van der Waals surface area (Å²) in [6.07, 6.45) is 0. The van der Waals surface area contributed by atoms with E-state index in [0.717, 1.165) is 4.31 Å². The van der Waals surface area contributed by atoms with Crippen molar-refractivity contribution in [2.45, 2.75) is 31.7 Å². The van der Waals surface area contributed by atoms with Gasteiger partial charge in [-0.3, -0.25) is 4.79 Å². The van der Waals surface area contributed by atoms with Crippen LogP contribution in [-0.2, 0) is 14.8 Å². The number of nitrogens with two attached hydrogens (primary N) is 1. The van der Waals surface area contributed by atoms with Crippen LogP contribution in [0.1, 0.15) is 19.6 Å². The summed E-state index contributed by atoms with van der Waals surface area (Å²) >= 11 is 0. The molecule has 0 amide bonds. The number of aromatic nitrogens is 1. The van der Waals surface area contributed by atoms with Crippen molar-refractivity contribution in [1.82, 2.24) is 9.46 Å². The van der Waals surface area contributed by atoms with Crippen LogP contribution in [0, 0.1) is 6.92 Å². The van der Waals surface area contributed by atoms with E-state index in [1.165, 1.54) is 6.92 Å². The Morgan fingerprint density at radius 2 is 2.11 bits per heavy atom. The molecule has 1 rings (SSSR count). The smallest absolute Gasteiger partial charge is 0.318 e. The van der Waals surface area contributed by atoms with Crippen molar-refractivity contribution in [2.75, 3.05) is 12.3 Å². The molecule has 0 aromatic carbocycles. The van der Waals surface area contributed by atoms with Crippen LogP contribution in [-0.4, -0.2) is 41.5 Å². The number of nitrogen functional groups attached to an aromatic ring is 1. The molecule has 1 aromatic heterocycles. The second-order valence-electron chi connectivity index (χ2n) is 3.99. The predicted molar refractivity (Wildman–Crippen MR) is 62.3 cm³/mol. The summed E-state index contributed by atoms with van der Waals surface area (Å²) in [5.41, 5.74) is 5.44. The molecule has 0 atom stereocenters. The van der Waals surface area contributed by atoms with Crippen molar-refractivity contribution >= 4 is 21.8 Å². The van der Waals surface area contributed by atoms with Crippen LogP contribution in [0.4, 0.5) is 5.82 Å². The molecule has 0 saturated carbocycles. The normalized spacial score (nSPS) is 12.3. The third-order valence-electron chi connectivity index (χ3n) is 2.27. The topological polar surface area (TPSA) is 127 Å². The Balaban J connectivity index is 3.30. The molecule has 0 unspecified atom stereocenters. The van der Waals surface area contributed by atoms with E-state index in [-0.39, 0.29) is 16.5 Å². The molecule has 0 spiro atoms. The maximum atomic E-state index is 12.3. The van der Waals surface area contributed by atoms with Gasteiger partial charge in [0, 0.05) is 6.04 Å². The van der Waals surface area contributed by atoms with Crippen molar-refractivity contribution in [1.29, 1.82) is 0 Å². The first-order chi connectivity index (χ1) is 8.17. The summed E-state index contributed by atoms with van der Waals surface area (Å²) in [4.78, 5) is 10.4. The Morgan fingerprint density at radius 1 is 1.56 bits per heavy atom. The summed E-state index contributed by atoms with van der Waals surface area (Å²) in [5, 5.41) is 12.1. The first-order valence-corrected chi connectivity index (χ1v) is 6.57. The molecule has 0 aliphatic heterocycles. The Morgan fingerprint density at radius 3 is 2.44 bits per heavy atom. The van der Waals surface area contributed by atoms with E-state index in [1.807, 2.05) is 0 Å². The largest absolute Gasteiger partial charge is 0.480 e. The second kappa shape index (κ2) is 4.94. The Kier molecular flexibility index (Phi) is 3.97. The zero-order valence-electron chi connectivity index (χ0n) is 10.2. The lowest BCUT2D eigenvalue weighted by molar-refractivity contribution is -0.137. The van der Waals surface area contributed by atoms with Crippen LogP contribution in [0.25, 0.3) is 0 Å². The molecule has 0 aliphatic carbocycles. The van der Waals surface area contributed by atoms with Crippen LogP contribution in [0.5, 0.6) is 0 Å². The third kappa shape index (κ3) is 2.62. The Hall–Kier alpha value is -1.61. The van der Waals surface area contributed by atoms with Crippen molar-refractivity contribution in [2.24, 2.45) is 0 Å². The standard InChI is InChI=1S/C9H15N3O5S/c1-5(2)12(4-7(13)14)18(15,16)8-6(3)17-11-9(8)10/h5H,4H2,1-3H3,(H2,10,11)(H,13,14). The summed E-state index contributed by atoms with van der Waals surface area (Å²) in [7, 11) is -4.04. The fourth-order valence-corrected chi connectivity index (χ4v) is 3.26. The molecule has 9 heteroatoms. The molecule has 3 N–H and O–H groups in total. The van der Waals surface area contributed by atoms with Crippen LogP contribution in [0.2, 0.25) is 0 Å². The number of carbonyl (C=O) groups is 1. The van der Waals surface area contributed by atoms with Gasteiger partial charge in [-0.2, -0.15) is 4.31 Å². The van der Waals surface area contributed by atoms with Crippen molar-refractivity contribution in [3.05, 3.63) is 5.76 Å². The van der Waals surface area contributed by atoms with E-state index in [4.69, 9.17) is 10.8 Å². The molecule has 0 saturated heterocycles. The molecule has 8 nitrogen and oxygen atoms in total. The van der Waals surface area contributed by atoms with Gasteiger partial charge in [-0.15, -0.1) is 0 Å². The molecule has 102 valence electrons. The van der Waals surface area contributed by atoms with E-state index in [2.05, 4.69) is 9.68 Å². The first kappa shape index (κ1) is 14.5. The average molecular weight is 277 g/mol. The summed E-state index contributed by atoms with van der Waals surface area (Å²) < 4.78 is 30.1. The number of hydrogen-bond donors (Lipinski definition) is 2. The van der Waals surface area contributed by atoms with Crippen molar-refractivity contribution in [3.8, 4) is 0 Å². The number of anilines is 1. The molecule has 0 fully saturated rings. The summed E-state index contributed by atoms with van der Waals surface area (Å²) in [5.74, 6) is -1.49. The molecule has 0 bridgehead atoms. The van der Waals surface area contributed by atoms with Gasteiger partial charge in [-0.1, -0.05) is 5.16 Å². The van der Waals surface area contributed by atoms with Gasteiger partial charge in [0.15, 0.2) is 16.5 Å². The van der Waals surface area contributed by atoms with Crippen LogP contribution < -0.4 is 5.73 Å². The number of rotatable bonds is 5. The fourth-order valence-electron chi connectivity index (χ4n) is 1.49. The summed E-state index contributed by atoms with van der Waals surface area (Å²) in [6.45, 7) is 3.89. The van der Waals surface area contributed by atoms with Gasteiger partial charge in [0.25, 0.3) is 10.0 Å². The van der Waals surface area contributed by atoms with Crippen LogP contribution in [0.15, 0.2) is 9.42 Å². The minimum atomic E-state index is -4.04. The highest BCUT2D eigenvalue weighted by Crippen LogP contribution is 2.26. The van der Waals surface area contributed by atoms with Gasteiger partial charge in [0.05, 0.1) is 0 Å². The van der Waals surface area contributed by atoms with E-state index in [0.29, 0.717) is 0 Å². The van der Waals surface area contributed by atoms with E-state index in [9.17, 15) is 13.2 Å². The van der Waals surface area contributed by atoms with E-state index in [1.54, 1.807) is 13.8 Å². The number of hydrogen-bond acceptors (Lipinski definition) is 6. The number of aryl methyl sites for hydroxylation is 1. The van der Waals surface area contributed by atoms with Gasteiger partial charge in [-0.25, -0.2) is 8.42 Å². The van der Waals surface area contributed by atoms with E-state index >= 15 is 0 Å². The van der Waals surface area contributed by atoms with Crippen LogP contribution >= 0.6 is 0 Å². The van der Waals surface area contributed by atoms with Gasteiger partial charge in [0.1, 0.15) is 6.54 Å². The first-order valence-electron chi connectivity index (χ1n) is 5.13. The number of carboxylic acids is 1. The Bertz CT molecular complexity index is 529. The minimum absolute atomic E-state index is 0.0311. The number of carboxylic acid groups (broad SMARTS) is 1. The Labute approximate surface area is 104 Å². The van der Waals surface area contributed by atoms with Gasteiger partial charge >= 0.3 is 5.97 Å². The lowest BCUT2D eigenvalue weighted by Gasteiger charge is -2.23. The van der Waals surface area contributed by atoms with Crippen LogP contribution in [0.3, 0.4) is 0 Å². The highest BCUT2D eigenvalue weighted by Gasteiger charge is 2.34. The minimum Gasteiger partial charge on any atom is -0.480 e. The number of sulfonamides is 1. The number of aliphatic carboxylic acids is 1. The lowest BCUT2D eigenvalue weighted by Crippen LogP contribution is -2.40. The molecule has 18 heavy (non-hydrogen) atoms. The SMILES string of the molecule is Cc1onc(N)c1S(=O)(=O)N(CC(=O)O)C(C)C. The maximum Gasteiger partial charge on any atom is 0.318 e. The molecular weight excluding hydrogens is 262 g/mol. The molecule has 1 aromatic rings. The van der Waals surface area contributed by atoms with Crippen molar-refractivity contribution < 1.29 is 22.8 Å². The quantitative estimate of drug-likeness (QED) is 0.778. The highest BCUT2D eigenvalue weighted by atomic mass is 32.2. The lowest BCUT2D eigenvalue weighted by atomic mass is 10.4. The van der Waals surface area contributed by atoms with Gasteiger partial charge in [0.2, 0.25) is 0 Å². The predicted octanol–water partition coefficient (Wildman–Crippen LogP) is 0.0489. The zero-order valence-corrected chi connectivity index (χ0v) is 11.1. The maximum absolute atomic E-state index is 12.3. The monoisotopic (exact) mass is 277 g/mol. The second-order valence-corrected chi connectivity index (χ2v) is 5.82. The molecule has 1 heterocycles. The highest BCUT2D eigenvalue weighted by molar-refractivity contribution is 7.89. The fraction of sp³-hybridized carbons (Fsp3) is 0.556. The summed E-state index contributed by atoms with van der Waals surface area (Å²) in [6, 6.07) is -0.528. The van der Waals surface area contributed by atoms with Crippen molar-refractivity contribution in [3.63, 3.8) is 0 Å².